The van der Waals surface area contributed by atoms with E-state index in [0.717, 1.165) is 31.0 Å². The molecule has 168 valence electrons. The van der Waals surface area contributed by atoms with Crippen molar-refractivity contribution in [3.05, 3.63) is 42.1 Å². The molecule has 5 rings (SSSR count). The number of nitriles is 1. The zero-order valence-corrected chi connectivity index (χ0v) is 18.0. The highest BCUT2D eigenvalue weighted by molar-refractivity contribution is 5.89. The summed E-state index contributed by atoms with van der Waals surface area (Å²) in [6.45, 7) is 2.77. The first-order chi connectivity index (χ1) is 15.7. The van der Waals surface area contributed by atoms with Gasteiger partial charge in [0.2, 0.25) is 11.7 Å². The molecular weight excluding hydrogens is 430 g/mol. The van der Waals surface area contributed by atoms with Crippen LogP contribution in [0, 0.1) is 11.3 Å². The van der Waals surface area contributed by atoms with Crippen molar-refractivity contribution in [2.45, 2.75) is 44.6 Å². The summed E-state index contributed by atoms with van der Waals surface area (Å²) >= 11 is 0. The van der Waals surface area contributed by atoms with Gasteiger partial charge < -0.3 is 10.2 Å². The SMILES string of the molecule is CC(=O)Nc1cc2c(cn1)C1(CC1)CN2c1cc(-c2cnn(CC#N)c2)nc(C(C)(F)F)n1. The molecule has 1 saturated carbocycles. The van der Waals surface area contributed by atoms with E-state index in [2.05, 4.69) is 25.4 Å². The molecule has 0 unspecified atom stereocenters. The predicted molar refractivity (Wildman–Crippen MR) is 115 cm³/mol. The Labute approximate surface area is 188 Å². The third kappa shape index (κ3) is 3.77. The molecule has 1 amide bonds. The van der Waals surface area contributed by atoms with Crippen molar-refractivity contribution >= 4 is 23.2 Å². The highest BCUT2D eigenvalue weighted by atomic mass is 19.3. The standard InChI is InChI=1S/C22H20F2N8O/c1-13(33)28-18-8-17-15(10-26-18)22(3-4-22)12-32(17)19-7-16(29-20(30-19)21(2,23)24)14-9-27-31(11-14)6-5-25/h7-11H,3-4,6,12H2,1-2H3,(H,26,28,33). The quantitative estimate of drug-likeness (QED) is 0.633. The summed E-state index contributed by atoms with van der Waals surface area (Å²) in [6.07, 6.45) is 6.75. The zero-order chi connectivity index (χ0) is 23.4. The fourth-order valence-electron chi connectivity index (χ4n) is 4.15. The number of hydrogen-bond donors (Lipinski definition) is 1. The Morgan fingerprint density at radius 3 is 2.76 bits per heavy atom. The van der Waals surface area contributed by atoms with E-state index in [1.807, 2.05) is 11.0 Å². The largest absolute Gasteiger partial charge is 0.325 e. The number of pyridine rings is 1. The normalized spacial score (nSPS) is 15.9. The Kier molecular flexibility index (Phi) is 4.63. The number of carbonyl (C=O) groups is 1. The minimum absolute atomic E-state index is 0.0374. The third-order valence-corrected chi connectivity index (χ3v) is 5.91. The number of rotatable bonds is 5. The fraction of sp³-hybridized carbons (Fsp3) is 0.364. The number of alkyl halides is 2. The van der Waals surface area contributed by atoms with E-state index in [-0.39, 0.29) is 23.6 Å². The first kappa shape index (κ1) is 20.9. The average molecular weight is 450 g/mol. The van der Waals surface area contributed by atoms with Gasteiger partial charge in [-0.3, -0.25) is 9.48 Å². The summed E-state index contributed by atoms with van der Waals surface area (Å²) < 4.78 is 30.1. The Balaban J connectivity index is 1.62. The van der Waals surface area contributed by atoms with Crippen molar-refractivity contribution in [1.29, 1.82) is 5.26 Å². The van der Waals surface area contributed by atoms with Gasteiger partial charge in [-0.2, -0.15) is 19.1 Å². The zero-order valence-electron chi connectivity index (χ0n) is 18.0. The van der Waals surface area contributed by atoms with Crippen LogP contribution in [0.15, 0.2) is 30.7 Å². The molecule has 3 aromatic rings. The van der Waals surface area contributed by atoms with E-state index < -0.39 is 11.7 Å². The van der Waals surface area contributed by atoms with E-state index >= 15 is 0 Å². The fourth-order valence-corrected chi connectivity index (χ4v) is 4.15. The third-order valence-electron chi connectivity index (χ3n) is 5.91. The van der Waals surface area contributed by atoms with Crippen LogP contribution in [-0.4, -0.2) is 37.2 Å². The average Bonchev–Trinajstić information content (AvgIpc) is 3.25. The maximum Gasteiger partial charge on any atom is 0.303 e. The molecular formula is C22H20F2N8O. The summed E-state index contributed by atoms with van der Waals surface area (Å²) in [6, 6.07) is 5.39. The molecule has 4 heterocycles. The molecule has 0 atom stereocenters. The summed E-state index contributed by atoms with van der Waals surface area (Å²) in [5, 5.41) is 15.7. The molecule has 1 aliphatic carbocycles. The Bertz CT molecular complexity index is 1300. The van der Waals surface area contributed by atoms with E-state index in [9.17, 15) is 13.6 Å². The molecule has 0 aromatic carbocycles. The molecule has 2 aliphatic rings. The lowest BCUT2D eigenvalue weighted by Gasteiger charge is -2.21. The number of amides is 1. The summed E-state index contributed by atoms with van der Waals surface area (Å²) in [4.78, 5) is 26.1. The van der Waals surface area contributed by atoms with Gasteiger partial charge in [0.1, 0.15) is 18.2 Å². The summed E-state index contributed by atoms with van der Waals surface area (Å²) in [5.74, 6) is -3.39. The van der Waals surface area contributed by atoms with Crippen LogP contribution in [-0.2, 0) is 22.7 Å². The molecule has 11 heteroatoms. The van der Waals surface area contributed by atoms with Crippen LogP contribution < -0.4 is 10.2 Å². The van der Waals surface area contributed by atoms with E-state index in [1.54, 1.807) is 24.5 Å². The second-order valence-electron chi connectivity index (χ2n) is 8.54. The van der Waals surface area contributed by atoms with Gasteiger partial charge in [0, 0.05) is 61.5 Å². The van der Waals surface area contributed by atoms with Gasteiger partial charge >= 0.3 is 5.92 Å². The smallest absolute Gasteiger partial charge is 0.303 e. The van der Waals surface area contributed by atoms with Crippen molar-refractivity contribution in [2.75, 3.05) is 16.8 Å². The van der Waals surface area contributed by atoms with Crippen LogP contribution in [0.5, 0.6) is 0 Å². The van der Waals surface area contributed by atoms with Crippen LogP contribution in [0.3, 0.4) is 0 Å². The van der Waals surface area contributed by atoms with E-state index in [1.165, 1.54) is 17.8 Å². The maximum atomic E-state index is 14.3. The number of hydrogen-bond acceptors (Lipinski definition) is 7. The van der Waals surface area contributed by atoms with Gasteiger partial charge in [0.05, 0.1) is 23.6 Å². The number of carbonyl (C=O) groups excluding carboxylic acids is 1. The van der Waals surface area contributed by atoms with Crippen LogP contribution in [0.25, 0.3) is 11.3 Å². The molecule has 1 fully saturated rings. The minimum atomic E-state index is -3.26. The van der Waals surface area contributed by atoms with Crippen LogP contribution in [0.4, 0.5) is 26.1 Å². The Morgan fingerprint density at radius 2 is 2.09 bits per heavy atom. The van der Waals surface area contributed by atoms with Gasteiger partial charge in [-0.1, -0.05) is 0 Å². The number of nitrogens with zero attached hydrogens (tertiary/aromatic N) is 7. The highest BCUT2D eigenvalue weighted by Crippen LogP contribution is 2.58. The van der Waals surface area contributed by atoms with Gasteiger partial charge in [0.25, 0.3) is 0 Å². The van der Waals surface area contributed by atoms with Crippen molar-refractivity contribution in [2.24, 2.45) is 0 Å². The summed E-state index contributed by atoms with van der Waals surface area (Å²) in [5.41, 5.74) is 2.50. The molecule has 0 saturated heterocycles. The maximum absolute atomic E-state index is 14.3. The Hall–Kier alpha value is -3.94. The molecule has 0 bridgehead atoms. The van der Waals surface area contributed by atoms with E-state index in [4.69, 9.17) is 5.26 Å². The highest BCUT2D eigenvalue weighted by Gasteiger charge is 2.52. The number of aromatic nitrogens is 5. The molecule has 9 nitrogen and oxygen atoms in total. The van der Waals surface area contributed by atoms with Gasteiger partial charge in [0.15, 0.2) is 0 Å². The first-order valence-corrected chi connectivity index (χ1v) is 10.4. The van der Waals surface area contributed by atoms with Gasteiger partial charge in [-0.25, -0.2) is 15.0 Å². The lowest BCUT2D eigenvalue weighted by atomic mass is 10.0. The van der Waals surface area contributed by atoms with Crippen molar-refractivity contribution in [3.8, 4) is 17.3 Å². The second-order valence-corrected chi connectivity index (χ2v) is 8.54. The van der Waals surface area contributed by atoms with E-state index in [0.29, 0.717) is 23.7 Å². The van der Waals surface area contributed by atoms with Crippen molar-refractivity contribution < 1.29 is 13.6 Å². The monoisotopic (exact) mass is 450 g/mol. The lowest BCUT2D eigenvalue weighted by molar-refractivity contribution is -0.114. The van der Waals surface area contributed by atoms with Crippen LogP contribution >= 0.6 is 0 Å². The van der Waals surface area contributed by atoms with Crippen molar-refractivity contribution in [3.63, 3.8) is 0 Å². The molecule has 0 radical (unpaired) electrons. The van der Waals surface area contributed by atoms with Gasteiger partial charge in [-0.05, 0) is 12.8 Å². The number of anilines is 3. The first-order valence-electron chi connectivity index (χ1n) is 10.4. The molecule has 1 N–H and O–H groups in total. The topological polar surface area (TPSA) is 113 Å². The number of halogens is 2. The lowest BCUT2D eigenvalue weighted by Crippen LogP contribution is -2.22. The van der Waals surface area contributed by atoms with Crippen LogP contribution in [0.1, 0.15) is 38.1 Å². The van der Waals surface area contributed by atoms with Crippen molar-refractivity contribution in [1.82, 2.24) is 24.7 Å². The number of fused-ring (bicyclic) bond motifs is 2. The molecule has 3 aromatic heterocycles. The predicted octanol–water partition coefficient (Wildman–Crippen LogP) is 3.51. The Morgan fingerprint density at radius 1 is 1.30 bits per heavy atom. The molecule has 1 aliphatic heterocycles. The molecule has 33 heavy (non-hydrogen) atoms. The second kappa shape index (κ2) is 7.30. The number of nitrogens with one attached hydrogen (secondary N) is 1. The molecule has 1 spiro atoms. The van der Waals surface area contributed by atoms with Crippen LogP contribution in [0.2, 0.25) is 0 Å². The summed E-state index contributed by atoms with van der Waals surface area (Å²) in [7, 11) is 0. The van der Waals surface area contributed by atoms with Gasteiger partial charge in [-0.15, -0.1) is 0 Å². The minimum Gasteiger partial charge on any atom is -0.325 e.